The van der Waals surface area contributed by atoms with E-state index in [0.717, 1.165) is 22.1 Å². The molecule has 3 nitrogen and oxygen atoms in total. The second kappa shape index (κ2) is 7.37. The van der Waals surface area contributed by atoms with Crippen molar-refractivity contribution in [3.05, 3.63) is 114 Å². The molecule has 0 bridgehead atoms. The van der Waals surface area contributed by atoms with E-state index in [2.05, 4.69) is 0 Å². The summed E-state index contributed by atoms with van der Waals surface area (Å²) in [5, 5.41) is 11.5. The molecule has 144 valence electrons. The zero-order chi connectivity index (χ0) is 20.5. The molecule has 0 saturated heterocycles. The third-order valence-corrected chi connectivity index (χ3v) is 5.19. The maximum absolute atomic E-state index is 12.9. The topological polar surface area (TPSA) is 50.4 Å². The number of rotatable bonds is 4. The van der Waals surface area contributed by atoms with Gasteiger partial charge >= 0.3 is 0 Å². The molecule has 0 spiro atoms. The number of benzene rings is 4. The Morgan fingerprint density at radius 3 is 1.90 bits per heavy atom. The number of hydrogen-bond donors (Lipinski definition) is 1. The van der Waals surface area contributed by atoms with E-state index in [1.807, 2.05) is 66.7 Å². The molecule has 1 aromatic heterocycles. The number of aromatic hydroxyl groups is 1. The van der Waals surface area contributed by atoms with E-state index < -0.39 is 0 Å². The van der Waals surface area contributed by atoms with Crippen LogP contribution in [0.4, 0.5) is 0 Å². The molecule has 1 heterocycles. The molecule has 0 aliphatic heterocycles. The molecule has 3 heteroatoms. The fourth-order valence-corrected chi connectivity index (χ4v) is 3.74. The number of ketones is 1. The van der Waals surface area contributed by atoms with Gasteiger partial charge in [0.25, 0.3) is 0 Å². The van der Waals surface area contributed by atoms with Crippen molar-refractivity contribution < 1.29 is 14.3 Å². The van der Waals surface area contributed by atoms with Gasteiger partial charge in [-0.05, 0) is 17.7 Å². The van der Waals surface area contributed by atoms with E-state index in [-0.39, 0.29) is 17.1 Å². The van der Waals surface area contributed by atoms with Crippen molar-refractivity contribution in [2.75, 3.05) is 0 Å². The Kier molecular flexibility index (Phi) is 4.41. The lowest BCUT2D eigenvalue weighted by Crippen LogP contribution is -2.01. The van der Waals surface area contributed by atoms with Crippen molar-refractivity contribution in [2.24, 2.45) is 0 Å². The molecule has 0 saturated carbocycles. The lowest BCUT2D eigenvalue weighted by Gasteiger charge is -2.06. The van der Waals surface area contributed by atoms with Crippen LogP contribution >= 0.6 is 0 Å². The van der Waals surface area contributed by atoms with Gasteiger partial charge in [-0.1, -0.05) is 91.0 Å². The van der Waals surface area contributed by atoms with Crippen LogP contribution in [0, 0.1) is 0 Å². The average Bonchev–Trinajstić information content (AvgIpc) is 3.18. The summed E-state index contributed by atoms with van der Waals surface area (Å²) in [6.07, 6.45) is 0. The van der Waals surface area contributed by atoms with Gasteiger partial charge in [0.2, 0.25) is 0 Å². The Morgan fingerprint density at radius 1 is 0.700 bits per heavy atom. The highest BCUT2D eigenvalue weighted by Gasteiger charge is 2.22. The molecule has 5 aromatic rings. The summed E-state index contributed by atoms with van der Waals surface area (Å²) in [6.45, 7) is 0. The van der Waals surface area contributed by atoms with Crippen LogP contribution in [0.15, 0.2) is 108 Å². The highest BCUT2D eigenvalue weighted by molar-refractivity contribution is 6.13. The number of fused-ring (bicyclic) bond motifs is 1. The minimum absolute atomic E-state index is 0.0612. The number of phenols is 1. The van der Waals surface area contributed by atoms with Crippen molar-refractivity contribution in [3.8, 4) is 28.2 Å². The molecule has 0 radical (unpaired) electrons. The number of carbonyl (C=O) groups is 1. The van der Waals surface area contributed by atoms with Crippen LogP contribution in [0.3, 0.4) is 0 Å². The van der Waals surface area contributed by atoms with Crippen LogP contribution in [0.5, 0.6) is 5.75 Å². The maximum Gasteiger partial charge on any atom is 0.196 e. The number of phenolic OH excluding ortho intramolecular Hbond substituents is 1. The molecule has 1 N–H and O–H groups in total. The summed E-state index contributed by atoms with van der Waals surface area (Å²) in [4.78, 5) is 12.9. The number of hydrogen-bond acceptors (Lipinski definition) is 3. The van der Waals surface area contributed by atoms with Crippen LogP contribution in [-0.4, -0.2) is 10.9 Å². The molecule has 0 atom stereocenters. The molecular weight excluding hydrogens is 372 g/mol. The smallest absolute Gasteiger partial charge is 0.196 e. The highest BCUT2D eigenvalue weighted by atomic mass is 16.3. The average molecular weight is 390 g/mol. The first-order valence-electron chi connectivity index (χ1n) is 9.72. The monoisotopic (exact) mass is 390 g/mol. The van der Waals surface area contributed by atoms with Crippen LogP contribution in [-0.2, 0) is 0 Å². The first kappa shape index (κ1) is 18.0. The summed E-state index contributed by atoms with van der Waals surface area (Å²) in [5.74, 6) is 0.406. The van der Waals surface area contributed by atoms with Gasteiger partial charge in [-0.25, -0.2) is 0 Å². The second-order valence-electron chi connectivity index (χ2n) is 7.10. The normalized spacial score (nSPS) is 10.9. The number of furan rings is 1. The summed E-state index contributed by atoms with van der Waals surface area (Å²) < 4.78 is 6.26. The molecule has 5 rings (SSSR count). The molecular formula is C27H18O3. The Balaban J connectivity index is 1.75. The molecule has 0 fully saturated rings. The largest absolute Gasteiger partial charge is 0.507 e. The zero-order valence-electron chi connectivity index (χ0n) is 16.1. The van der Waals surface area contributed by atoms with Gasteiger partial charge in [0.15, 0.2) is 5.78 Å². The van der Waals surface area contributed by atoms with Gasteiger partial charge in [-0.3, -0.25) is 4.79 Å². The van der Waals surface area contributed by atoms with Crippen LogP contribution < -0.4 is 0 Å². The van der Waals surface area contributed by atoms with Crippen molar-refractivity contribution in [1.29, 1.82) is 0 Å². The summed E-state index contributed by atoms with van der Waals surface area (Å²) in [6, 6.07) is 32.0. The maximum atomic E-state index is 12.9. The summed E-state index contributed by atoms with van der Waals surface area (Å²) in [5.41, 5.74) is 4.11. The van der Waals surface area contributed by atoms with Crippen LogP contribution in [0.25, 0.3) is 33.4 Å². The van der Waals surface area contributed by atoms with Crippen molar-refractivity contribution in [3.63, 3.8) is 0 Å². The van der Waals surface area contributed by atoms with Crippen molar-refractivity contribution in [1.82, 2.24) is 0 Å². The quantitative estimate of drug-likeness (QED) is 0.347. The first-order chi connectivity index (χ1) is 14.7. The molecule has 0 aliphatic rings. The Labute approximate surface area is 173 Å². The minimum atomic E-state index is -0.242. The van der Waals surface area contributed by atoms with E-state index in [4.69, 9.17) is 4.42 Å². The molecule has 0 aliphatic carbocycles. The fraction of sp³-hybridized carbons (Fsp3) is 0. The van der Waals surface area contributed by atoms with Crippen molar-refractivity contribution in [2.45, 2.75) is 0 Å². The van der Waals surface area contributed by atoms with Gasteiger partial charge < -0.3 is 9.52 Å². The van der Waals surface area contributed by atoms with Gasteiger partial charge in [0.05, 0.1) is 5.56 Å². The van der Waals surface area contributed by atoms with E-state index in [1.165, 1.54) is 0 Å². The zero-order valence-corrected chi connectivity index (χ0v) is 16.1. The van der Waals surface area contributed by atoms with Gasteiger partial charge in [-0.15, -0.1) is 0 Å². The van der Waals surface area contributed by atoms with Gasteiger partial charge in [0, 0.05) is 22.1 Å². The van der Waals surface area contributed by atoms with E-state index in [0.29, 0.717) is 16.9 Å². The Bertz CT molecular complexity index is 1340. The van der Waals surface area contributed by atoms with Crippen LogP contribution in [0.1, 0.15) is 15.9 Å². The van der Waals surface area contributed by atoms with E-state index in [9.17, 15) is 9.90 Å². The molecule has 0 unspecified atom stereocenters. The van der Waals surface area contributed by atoms with E-state index >= 15 is 0 Å². The summed E-state index contributed by atoms with van der Waals surface area (Å²) in [7, 11) is 0. The third kappa shape index (κ3) is 3.07. The molecule has 4 aromatic carbocycles. The third-order valence-electron chi connectivity index (χ3n) is 5.19. The highest BCUT2D eigenvalue weighted by Crippen LogP contribution is 2.43. The summed E-state index contributed by atoms with van der Waals surface area (Å²) >= 11 is 0. The van der Waals surface area contributed by atoms with E-state index in [1.54, 1.807) is 36.4 Å². The predicted molar refractivity (Wildman–Crippen MR) is 119 cm³/mol. The standard InChI is InChI=1S/C27H18O3/c28-23-16-22-24(17-21(23)26(29)19-12-6-2-7-13-19)30-27(20-14-8-3-9-15-20)25(22)18-10-4-1-5-11-18/h1-17,28H. The fourth-order valence-electron chi connectivity index (χ4n) is 3.74. The lowest BCUT2D eigenvalue weighted by atomic mass is 9.96. The van der Waals surface area contributed by atoms with Crippen LogP contribution in [0.2, 0.25) is 0 Å². The predicted octanol–water partition coefficient (Wildman–Crippen LogP) is 6.70. The van der Waals surface area contributed by atoms with Crippen molar-refractivity contribution >= 4 is 16.8 Å². The molecule has 30 heavy (non-hydrogen) atoms. The SMILES string of the molecule is O=C(c1ccccc1)c1cc2oc(-c3ccccc3)c(-c3ccccc3)c2cc1O. The van der Waals surface area contributed by atoms with Gasteiger partial charge in [0.1, 0.15) is 17.1 Å². The second-order valence-corrected chi connectivity index (χ2v) is 7.10. The molecule has 0 amide bonds. The van der Waals surface area contributed by atoms with Gasteiger partial charge in [-0.2, -0.15) is 0 Å². The first-order valence-corrected chi connectivity index (χ1v) is 9.72. The number of carbonyl (C=O) groups excluding carboxylic acids is 1. The Hall–Kier alpha value is -4.11. The Morgan fingerprint density at radius 2 is 1.27 bits per heavy atom. The lowest BCUT2D eigenvalue weighted by molar-refractivity contribution is 0.103. The minimum Gasteiger partial charge on any atom is -0.507 e.